The molecule has 0 atom stereocenters. The quantitative estimate of drug-likeness (QED) is 0.605. The van der Waals surface area contributed by atoms with Gasteiger partial charge in [-0.1, -0.05) is 38.5 Å². The lowest BCUT2D eigenvalue weighted by Gasteiger charge is -2.48. The van der Waals surface area contributed by atoms with Crippen LogP contribution in [0.5, 0.6) is 0 Å². The summed E-state index contributed by atoms with van der Waals surface area (Å²) in [5, 5.41) is 0. The van der Waals surface area contributed by atoms with E-state index in [9.17, 15) is 0 Å². The first-order chi connectivity index (χ1) is 9.79. The van der Waals surface area contributed by atoms with Crippen LogP contribution >= 0.6 is 0 Å². The Balaban J connectivity index is 1.50. The van der Waals surface area contributed by atoms with E-state index < -0.39 is 0 Å². The highest BCUT2D eigenvalue weighted by Crippen LogP contribution is 2.47. The highest BCUT2D eigenvalue weighted by atomic mass is 16.5. The van der Waals surface area contributed by atoms with Gasteiger partial charge in [0.25, 0.3) is 0 Å². The maximum Gasteiger partial charge on any atom is 0.0724 e. The van der Waals surface area contributed by atoms with Crippen LogP contribution in [0.2, 0.25) is 0 Å². The zero-order valence-corrected chi connectivity index (χ0v) is 12.7. The zero-order chi connectivity index (χ0) is 13.5. The van der Waals surface area contributed by atoms with Crippen molar-refractivity contribution in [3.8, 4) is 0 Å². The molecule has 2 aliphatic carbocycles. The normalized spacial score (nSPS) is 32.4. The van der Waals surface area contributed by atoms with E-state index in [0.29, 0.717) is 0 Å². The molecular weight excluding hydrogens is 248 g/mol. The molecule has 0 aromatic heterocycles. The predicted octanol–water partition coefficient (Wildman–Crippen LogP) is 4.53. The molecule has 2 fully saturated rings. The number of hydrogen-bond acceptors (Lipinski definition) is 2. The van der Waals surface area contributed by atoms with Crippen LogP contribution in [0.3, 0.4) is 0 Å². The topological polar surface area (TPSA) is 18.5 Å². The molecule has 4 aliphatic rings. The minimum atomic E-state index is 0.192. The molecule has 0 unspecified atom stereocenters. The Hall–Kier alpha value is -0.340. The smallest absolute Gasteiger partial charge is 0.0724 e. The van der Waals surface area contributed by atoms with E-state index in [2.05, 4.69) is 0 Å². The van der Waals surface area contributed by atoms with Gasteiger partial charge in [0.2, 0.25) is 0 Å². The molecule has 2 spiro atoms. The average molecular weight is 276 g/mol. The van der Waals surface area contributed by atoms with Crippen molar-refractivity contribution < 1.29 is 9.47 Å². The fraction of sp³-hybridized carbons (Fsp3) is 0.889. The summed E-state index contributed by atoms with van der Waals surface area (Å²) in [5.41, 5.74) is 3.60. The Bertz CT molecular complexity index is 360. The molecule has 2 saturated carbocycles. The van der Waals surface area contributed by atoms with Crippen molar-refractivity contribution in [2.45, 2.75) is 88.3 Å². The summed E-state index contributed by atoms with van der Waals surface area (Å²) in [6.45, 7) is 1.81. The second kappa shape index (κ2) is 5.14. The predicted molar refractivity (Wildman–Crippen MR) is 79.8 cm³/mol. The molecule has 0 N–H and O–H groups in total. The zero-order valence-electron chi connectivity index (χ0n) is 12.7. The lowest BCUT2D eigenvalue weighted by molar-refractivity contribution is -0.109. The number of ether oxygens (including phenoxy) is 2. The highest BCUT2D eigenvalue weighted by molar-refractivity contribution is 5.26. The van der Waals surface area contributed by atoms with Crippen molar-refractivity contribution >= 4 is 0 Å². The molecule has 2 heteroatoms. The molecule has 112 valence electrons. The van der Waals surface area contributed by atoms with Gasteiger partial charge in [-0.25, -0.2) is 0 Å². The Labute approximate surface area is 122 Å². The van der Waals surface area contributed by atoms with E-state index in [-0.39, 0.29) is 11.2 Å². The number of rotatable bonds is 0. The van der Waals surface area contributed by atoms with Crippen LogP contribution in [0, 0.1) is 0 Å². The monoisotopic (exact) mass is 276 g/mol. The molecule has 2 heterocycles. The molecule has 4 rings (SSSR count). The Morgan fingerprint density at radius 1 is 0.550 bits per heavy atom. The van der Waals surface area contributed by atoms with Crippen LogP contribution in [-0.2, 0) is 9.47 Å². The average Bonchev–Trinajstić information content (AvgIpc) is 2.50. The molecule has 20 heavy (non-hydrogen) atoms. The lowest BCUT2D eigenvalue weighted by Crippen LogP contribution is -2.46. The van der Waals surface area contributed by atoms with E-state index in [0.717, 1.165) is 13.2 Å². The molecule has 2 nitrogen and oxygen atoms in total. The summed E-state index contributed by atoms with van der Waals surface area (Å²) in [5.74, 6) is 0. The van der Waals surface area contributed by atoms with Crippen LogP contribution in [0.1, 0.15) is 77.0 Å². The third kappa shape index (κ3) is 2.35. The van der Waals surface area contributed by atoms with Gasteiger partial charge in [-0.2, -0.15) is 0 Å². The van der Waals surface area contributed by atoms with Gasteiger partial charge >= 0.3 is 0 Å². The summed E-state index contributed by atoms with van der Waals surface area (Å²) in [7, 11) is 0. The minimum Gasteiger partial charge on any atom is -0.370 e. The minimum absolute atomic E-state index is 0.192. The molecule has 0 amide bonds. The van der Waals surface area contributed by atoms with Crippen LogP contribution in [0.15, 0.2) is 11.1 Å². The maximum absolute atomic E-state index is 6.40. The first-order valence-electron chi connectivity index (χ1n) is 8.77. The van der Waals surface area contributed by atoms with Crippen LogP contribution < -0.4 is 0 Å². The fourth-order valence-electron chi connectivity index (χ4n) is 4.95. The van der Waals surface area contributed by atoms with E-state index in [1.165, 1.54) is 77.0 Å². The van der Waals surface area contributed by atoms with Gasteiger partial charge in [0.1, 0.15) is 0 Å². The van der Waals surface area contributed by atoms with Gasteiger partial charge in [0, 0.05) is 0 Å². The summed E-state index contributed by atoms with van der Waals surface area (Å²) >= 11 is 0. The molecule has 2 aliphatic heterocycles. The van der Waals surface area contributed by atoms with Gasteiger partial charge in [0.15, 0.2) is 0 Å². The molecule has 0 radical (unpaired) electrons. The van der Waals surface area contributed by atoms with Crippen molar-refractivity contribution in [1.82, 2.24) is 0 Å². The third-order valence-electron chi connectivity index (χ3n) is 6.21. The summed E-state index contributed by atoms with van der Waals surface area (Å²) in [4.78, 5) is 0. The Morgan fingerprint density at radius 2 is 0.950 bits per heavy atom. The first-order valence-corrected chi connectivity index (χ1v) is 8.77. The van der Waals surface area contributed by atoms with E-state index >= 15 is 0 Å². The summed E-state index contributed by atoms with van der Waals surface area (Å²) < 4.78 is 12.8. The second-order valence-electron chi connectivity index (χ2n) is 7.63. The Kier molecular flexibility index (Phi) is 3.42. The molecule has 0 aromatic carbocycles. The van der Waals surface area contributed by atoms with Gasteiger partial charge in [0.05, 0.1) is 24.4 Å². The number of hydrogen-bond donors (Lipinski definition) is 0. The Morgan fingerprint density at radius 3 is 1.35 bits per heavy atom. The highest BCUT2D eigenvalue weighted by Gasteiger charge is 2.43. The van der Waals surface area contributed by atoms with Crippen LogP contribution in [0.25, 0.3) is 0 Å². The molecule has 0 saturated heterocycles. The van der Waals surface area contributed by atoms with Crippen molar-refractivity contribution in [1.29, 1.82) is 0 Å². The van der Waals surface area contributed by atoms with Gasteiger partial charge in [-0.3, -0.25) is 0 Å². The largest absolute Gasteiger partial charge is 0.370 e. The van der Waals surface area contributed by atoms with Gasteiger partial charge in [-0.05, 0) is 49.7 Å². The van der Waals surface area contributed by atoms with E-state index in [4.69, 9.17) is 9.47 Å². The van der Waals surface area contributed by atoms with Gasteiger partial charge in [-0.15, -0.1) is 0 Å². The molecule has 0 bridgehead atoms. The molecule has 0 aromatic rings. The summed E-state index contributed by atoms with van der Waals surface area (Å²) in [6.07, 6.45) is 15.6. The van der Waals surface area contributed by atoms with E-state index in [1.807, 2.05) is 0 Å². The van der Waals surface area contributed by atoms with Crippen molar-refractivity contribution in [3.63, 3.8) is 0 Å². The van der Waals surface area contributed by atoms with Crippen molar-refractivity contribution in [2.75, 3.05) is 13.2 Å². The van der Waals surface area contributed by atoms with Crippen LogP contribution in [-0.4, -0.2) is 24.4 Å². The molecular formula is C18H28O2. The SMILES string of the molecule is C1CCC2(CC1)CC1=C(CO2)CC2(CCCCC2)OC1. The third-order valence-corrected chi connectivity index (χ3v) is 6.21. The van der Waals surface area contributed by atoms with Crippen LogP contribution in [0.4, 0.5) is 0 Å². The van der Waals surface area contributed by atoms with E-state index in [1.54, 1.807) is 11.1 Å². The van der Waals surface area contributed by atoms with Gasteiger partial charge < -0.3 is 9.47 Å². The maximum atomic E-state index is 6.40. The summed E-state index contributed by atoms with van der Waals surface area (Å²) in [6, 6.07) is 0. The first kappa shape index (κ1) is 13.3. The van der Waals surface area contributed by atoms with Crippen molar-refractivity contribution in [2.24, 2.45) is 0 Å². The fourth-order valence-corrected chi connectivity index (χ4v) is 4.95. The van der Waals surface area contributed by atoms with Crippen molar-refractivity contribution in [3.05, 3.63) is 11.1 Å². The standard InChI is InChI=1S/C18H28O2/c1-3-7-17(8-4-1)11-15-14-20-18(9-5-2-6-10-18)12-16(15)13-19-17/h1-14H2. The second-order valence-corrected chi connectivity index (χ2v) is 7.63. The lowest BCUT2D eigenvalue weighted by atomic mass is 9.73.